The highest BCUT2D eigenvalue weighted by Crippen LogP contribution is 2.39. The van der Waals surface area contributed by atoms with E-state index in [0.717, 1.165) is 76.9 Å². The van der Waals surface area contributed by atoms with Gasteiger partial charge in [-0.1, -0.05) is 72.8 Å². The number of hydrogen-bond acceptors (Lipinski definition) is 8. The third-order valence-electron chi connectivity index (χ3n) is 10.2. The number of ether oxygens (including phenoxy) is 3. The fourth-order valence-electron chi connectivity index (χ4n) is 7.48. The van der Waals surface area contributed by atoms with E-state index in [0.29, 0.717) is 13.0 Å². The van der Waals surface area contributed by atoms with Crippen LogP contribution in [-0.2, 0) is 37.0 Å². The van der Waals surface area contributed by atoms with Gasteiger partial charge >= 0.3 is 11.7 Å². The molecule has 0 aliphatic carbocycles. The quantitative estimate of drug-likeness (QED) is 0.143. The first-order chi connectivity index (χ1) is 25.7. The average molecular weight is 719 g/mol. The molecule has 0 saturated carbocycles. The number of aliphatic hydroxyl groups excluding tert-OH is 1. The monoisotopic (exact) mass is 718 g/mol. The van der Waals surface area contributed by atoms with Crippen LogP contribution < -0.4 is 11.0 Å². The van der Waals surface area contributed by atoms with Crippen molar-refractivity contribution < 1.29 is 28.9 Å². The van der Waals surface area contributed by atoms with Gasteiger partial charge in [0.15, 0.2) is 12.4 Å². The zero-order valence-electron chi connectivity index (χ0n) is 30.1. The number of hydrogen-bond donors (Lipinski definition) is 3. The van der Waals surface area contributed by atoms with Gasteiger partial charge in [-0.2, -0.15) is 0 Å². The summed E-state index contributed by atoms with van der Waals surface area (Å²) in [5.41, 5.74) is 7.42. The lowest BCUT2D eigenvalue weighted by Crippen LogP contribution is -2.43. The molecule has 7 rings (SSSR count). The Balaban J connectivity index is 1.06. The highest BCUT2D eigenvalue weighted by molar-refractivity contribution is 5.83. The molecule has 5 aromatic rings. The fraction of sp³-hybridized carbons (Fsp3) is 0.357. The number of esters is 1. The number of benzene rings is 4. The largest absolute Gasteiger partial charge is 0.453 e. The summed E-state index contributed by atoms with van der Waals surface area (Å²) < 4.78 is 20.3. The molecule has 53 heavy (non-hydrogen) atoms. The maximum Gasteiger partial charge on any atom is 0.326 e. The minimum Gasteiger partial charge on any atom is -0.453 e. The molecule has 11 nitrogen and oxygen atoms in total. The van der Waals surface area contributed by atoms with Gasteiger partial charge in [-0.25, -0.2) is 4.79 Å². The standard InChI is InChI=1S/C42H46N4O7/c1-27(51-28(2)48)40(49)43-24-30-7-5-8-32(21-30)33-9-6-10-34(22-33)41-52-36(23-39(53-41)31-15-13-29(26-47)14-16-31)25-45-19-17-35(18-20-45)46-38-12-4-3-11-37(38)44-42(46)50/h3-16,21-22,27,35-36,39,41,47H,17-20,23-26H2,1-2H3,(H,43,49)(H,44,50). The van der Waals surface area contributed by atoms with E-state index in [-0.39, 0.29) is 36.5 Å². The predicted molar refractivity (Wildman–Crippen MR) is 201 cm³/mol. The van der Waals surface area contributed by atoms with Crippen molar-refractivity contribution in [1.29, 1.82) is 0 Å². The van der Waals surface area contributed by atoms with E-state index in [2.05, 4.69) is 21.3 Å². The molecular weight excluding hydrogens is 672 g/mol. The summed E-state index contributed by atoms with van der Waals surface area (Å²) in [6.07, 6.45) is 0.634. The maximum atomic E-state index is 12.9. The zero-order chi connectivity index (χ0) is 36.9. The van der Waals surface area contributed by atoms with E-state index >= 15 is 0 Å². The Morgan fingerprint density at radius 1 is 0.906 bits per heavy atom. The molecule has 0 radical (unpaired) electrons. The highest BCUT2D eigenvalue weighted by Gasteiger charge is 2.34. The van der Waals surface area contributed by atoms with Gasteiger partial charge < -0.3 is 34.5 Å². The fourth-order valence-corrected chi connectivity index (χ4v) is 7.48. The number of fused-ring (bicyclic) bond motifs is 1. The van der Waals surface area contributed by atoms with Crippen molar-refractivity contribution in [3.05, 3.63) is 130 Å². The molecule has 2 saturated heterocycles. The summed E-state index contributed by atoms with van der Waals surface area (Å²) in [4.78, 5) is 42.0. The lowest BCUT2D eigenvalue weighted by atomic mass is 9.97. The molecule has 4 unspecified atom stereocenters. The summed E-state index contributed by atoms with van der Waals surface area (Å²) in [5.74, 6) is -0.859. The molecule has 2 aliphatic rings. The molecule has 2 fully saturated rings. The summed E-state index contributed by atoms with van der Waals surface area (Å²) in [6.45, 7) is 5.55. The second kappa shape index (κ2) is 16.3. The number of aromatic nitrogens is 2. The first-order valence-electron chi connectivity index (χ1n) is 18.3. The SMILES string of the molecule is CC(=O)OC(C)C(=O)NCc1cccc(-c2cccc(C3OC(CN4CCC(n5c(=O)[nH]c6ccccc65)CC4)CC(c4ccc(CO)cc4)O3)c2)c1. The number of para-hydroxylation sites is 2. The van der Waals surface area contributed by atoms with Crippen LogP contribution in [-0.4, -0.2) is 63.3 Å². The van der Waals surface area contributed by atoms with Crippen molar-refractivity contribution in [2.45, 2.75) is 76.9 Å². The van der Waals surface area contributed by atoms with Crippen LogP contribution in [0.15, 0.2) is 102 Å². The van der Waals surface area contributed by atoms with E-state index in [1.165, 1.54) is 6.92 Å². The topological polar surface area (TPSA) is 135 Å². The summed E-state index contributed by atoms with van der Waals surface area (Å²) in [6, 6.07) is 32.0. The number of nitrogens with one attached hydrogen (secondary N) is 2. The second-order valence-corrected chi connectivity index (χ2v) is 14.0. The Bertz CT molecular complexity index is 2100. The van der Waals surface area contributed by atoms with Crippen LogP contribution in [0.2, 0.25) is 0 Å². The van der Waals surface area contributed by atoms with Crippen LogP contribution >= 0.6 is 0 Å². The van der Waals surface area contributed by atoms with E-state index in [4.69, 9.17) is 14.2 Å². The van der Waals surface area contributed by atoms with Crippen LogP contribution in [0.25, 0.3) is 22.2 Å². The molecular formula is C42H46N4O7. The molecule has 1 amide bonds. The van der Waals surface area contributed by atoms with Gasteiger partial charge in [-0.15, -0.1) is 0 Å². The molecule has 3 heterocycles. The van der Waals surface area contributed by atoms with Crippen LogP contribution in [0.1, 0.15) is 73.8 Å². The maximum absolute atomic E-state index is 12.9. The minimum atomic E-state index is -0.869. The van der Waals surface area contributed by atoms with Gasteiger partial charge in [0, 0.05) is 51.1 Å². The number of H-pyrrole nitrogens is 1. The van der Waals surface area contributed by atoms with Crippen molar-refractivity contribution in [3.63, 3.8) is 0 Å². The van der Waals surface area contributed by atoms with Gasteiger partial charge in [-0.3, -0.25) is 14.2 Å². The number of carbonyl (C=O) groups excluding carboxylic acids is 2. The normalized spacial score (nSPS) is 20.2. The highest BCUT2D eigenvalue weighted by atomic mass is 16.7. The Kier molecular flexibility index (Phi) is 11.2. The summed E-state index contributed by atoms with van der Waals surface area (Å²) >= 11 is 0. The molecule has 0 bridgehead atoms. The number of amides is 1. The minimum absolute atomic E-state index is 0.0193. The molecule has 11 heteroatoms. The molecule has 276 valence electrons. The van der Waals surface area contributed by atoms with Gasteiger partial charge in [-0.05, 0) is 71.8 Å². The van der Waals surface area contributed by atoms with Gasteiger partial charge in [0.05, 0.1) is 29.8 Å². The van der Waals surface area contributed by atoms with E-state index in [1.807, 2.05) is 95.6 Å². The van der Waals surface area contributed by atoms with Crippen molar-refractivity contribution in [2.75, 3.05) is 19.6 Å². The Morgan fingerprint density at radius 3 is 2.40 bits per heavy atom. The molecule has 1 aromatic heterocycles. The van der Waals surface area contributed by atoms with Crippen molar-refractivity contribution in [2.24, 2.45) is 0 Å². The van der Waals surface area contributed by atoms with Crippen molar-refractivity contribution in [1.82, 2.24) is 19.8 Å². The Hall–Kier alpha value is -5.07. The van der Waals surface area contributed by atoms with E-state index < -0.39 is 18.4 Å². The number of rotatable bonds is 11. The first-order valence-corrected chi connectivity index (χ1v) is 18.3. The van der Waals surface area contributed by atoms with Gasteiger partial charge in [0.25, 0.3) is 5.91 Å². The van der Waals surface area contributed by atoms with Crippen molar-refractivity contribution in [3.8, 4) is 11.1 Å². The number of carbonyl (C=O) groups is 2. The third-order valence-corrected chi connectivity index (χ3v) is 10.2. The van der Waals surface area contributed by atoms with Gasteiger partial charge in [0.2, 0.25) is 0 Å². The van der Waals surface area contributed by atoms with E-state index in [9.17, 15) is 19.5 Å². The predicted octanol–water partition coefficient (Wildman–Crippen LogP) is 5.94. The Morgan fingerprint density at radius 2 is 1.64 bits per heavy atom. The number of piperidine rings is 1. The van der Waals surface area contributed by atoms with Crippen molar-refractivity contribution >= 4 is 22.9 Å². The van der Waals surface area contributed by atoms with Crippen LogP contribution in [0, 0.1) is 0 Å². The van der Waals surface area contributed by atoms with Crippen LogP contribution in [0.5, 0.6) is 0 Å². The summed E-state index contributed by atoms with van der Waals surface area (Å²) in [7, 11) is 0. The lowest BCUT2D eigenvalue weighted by Gasteiger charge is -2.40. The third kappa shape index (κ3) is 8.60. The number of imidazole rings is 1. The van der Waals surface area contributed by atoms with Crippen LogP contribution in [0.3, 0.4) is 0 Å². The van der Waals surface area contributed by atoms with E-state index in [1.54, 1.807) is 6.92 Å². The molecule has 4 atom stereocenters. The molecule has 0 spiro atoms. The Labute approximate surface area is 308 Å². The smallest absolute Gasteiger partial charge is 0.326 e. The van der Waals surface area contributed by atoms with Gasteiger partial charge in [0.1, 0.15) is 0 Å². The molecule has 2 aliphatic heterocycles. The number of nitrogens with zero attached hydrogens (tertiary/aromatic N) is 2. The number of aliphatic hydroxyl groups is 1. The number of aromatic amines is 1. The number of likely N-dealkylation sites (tertiary alicyclic amines) is 1. The lowest BCUT2D eigenvalue weighted by molar-refractivity contribution is -0.253. The molecule has 4 aromatic carbocycles. The first kappa shape index (κ1) is 36.3. The average Bonchev–Trinajstić information content (AvgIpc) is 3.52. The second-order valence-electron chi connectivity index (χ2n) is 14.0. The zero-order valence-corrected chi connectivity index (χ0v) is 30.1. The van der Waals surface area contributed by atoms with Crippen LogP contribution in [0.4, 0.5) is 0 Å². The molecule has 3 N–H and O–H groups in total. The summed E-state index contributed by atoms with van der Waals surface area (Å²) in [5, 5.41) is 12.5.